The van der Waals surface area contributed by atoms with Gasteiger partial charge in [-0.15, -0.1) is 0 Å². The van der Waals surface area contributed by atoms with Crippen molar-refractivity contribution in [1.82, 2.24) is 14.7 Å². The number of carboxylic acid groups (broad SMARTS) is 1. The highest BCUT2D eigenvalue weighted by molar-refractivity contribution is 5.95. The van der Waals surface area contributed by atoms with Crippen LogP contribution in [0.1, 0.15) is 58.4 Å². The number of hydrogen-bond donors (Lipinski definition) is 1. The molecule has 2 aromatic carbocycles. The molecule has 0 saturated carbocycles. The molecule has 0 aliphatic carbocycles. The highest BCUT2D eigenvalue weighted by atomic mass is 16.4. The van der Waals surface area contributed by atoms with Gasteiger partial charge in [0.1, 0.15) is 0 Å². The van der Waals surface area contributed by atoms with Crippen LogP contribution in [0.4, 0.5) is 0 Å². The summed E-state index contributed by atoms with van der Waals surface area (Å²) in [6, 6.07) is 17.2. The Morgan fingerprint density at radius 3 is 2.27 bits per heavy atom. The predicted octanol–water partition coefficient (Wildman–Crippen LogP) is 4.07. The molecule has 0 spiro atoms. The first kappa shape index (κ1) is 19.9. The molecule has 1 amide bonds. The van der Waals surface area contributed by atoms with Crippen LogP contribution in [-0.2, 0) is 18.4 Å². The summed E-state index contributed by atoms with van der Waals surface area (Å²) in [6.45, 7) is 7.16. The summed E-state index contributed by atoms with van der Waals surface area (Å²) < 4.78 is 1.69. The fourth-order valence-corrected chi connectivity index (χ4v) is 3.84. The second-order valence-corrected chi connectivity index (χ2v) is 8.63. The van der Waals surface area contributed by atoms with Gasteiger partial charge in [0.15, 0.2) is 5.69 Å². The van der Waals surface area contributed by atoms with Gasteiger partial charge in [0.2, 0.25) is 0 Å². The lowest BCUT2D eigenvalue weighted by Gasteiger charge is -2.28. The van der Waals surface area contributed by atoms with Crippen LogP contribution in [0.2, 0.25) is 0 Å². The third-order valence-corrected chi connectivity index (χ3v) is 5.55. The van der Waals surface area contributed by atoms with Gasteiger partial charge in [-0.2, -0.15) is 5.10 Å². The molecular formula is C24H25N3O3. The number of carbonyl (C=O) groups is 2. The van der Waals surface area contributed by atoms with Crippen molar-refractivity contribution in [2.75, 3.05) is 6.54 Å². The van der Waals surface area contributed by atoms with Gasteiger partial charge in [-0.1, -0.05) is 51.1 Å². The van der Waals surface area contributed by atoms with Crippen molar-refractivity contribution in [3.05, 3.63) is 82.7 Å². The topological polar surface area (TPSA) is 75.4 Å². The van der Waals surface area contributed by atoms with Gasteiger partial charge < -0.3 is 10.0 Å². The minimum absolute atomic E-state index is 0.00873. The average molecular weight is 403 g/mol. The quantitative estimate of drug-likeness (QED) is 0.715. The molecule has 6 heteroatoms. The minimum atomic E-state index is -1.08. The first-order valence-electron chi connectivity index (χ1n) is 10.0. The Morgan fingerprint density at radius 2 is 1.67 bits per heavy atom. The van der Waals surface area contributed by atoms with Gasteiger partial charge in [-0.3, -0.25) is 4.79 Å². The number of hydrogen-bond acceptors (Lipinski definition) is 3. The summed E-state index contributed by atoms with van der Waals surface area (Å²) in [5.74, 6) is -1.17. The van der Waals surface area contributed by atoms with E-state index in [1.54, 1.807) is 9.58 Å². The summed E-state index contributed by atoms with van der Waals surface area (Å²) >= 11 is 0. The SMILES string of the molecule is CC(C)(C)c1ccc(C(=O)N2CCc3c(c(C(=O)O)nn3-c3ccccc3)C2)cc1. The highest BCUT2D eigenvalue weighted by Crippen LogP contribution is 2.27. The van der Waals surface area contributed by atoms with Crippen LogP contribution in [0, 0.1) is 0 Å². The molecule has 154 valence electrons. The fourth-order valence-electron chi connectivity index (χ4n) is 3.84. The third-order valence-electron chi connectivity index (χ3n) is 5.55. The normalized spacial score (nSPS) is 13.8. The number of fused-ring (bicyclic) bond motifs is 1. The van der Waals surface area contributed by atoms with E-state index in [2.05, 4.69) is 25.9 Å². The van der Waals surface area contributed by atoms with E-state index >= 15 is 0 Å². The molecule has 1 aromatic heterocycles. The Bertz CT molecular complexity index is 1090. The lowest BCUT2D eigenvalue weighted by Crippen LogP contribution is -2.36. The van der Waals surface area contributed by atoms with Crippen molar-refractivity contribution in [2.45, 2.75) is 39.2 Å². The number of rotatable bonds is 3. The van der Waals surface area contributed by atoms with Crippen molar-refractivity contribution in [3.8, 4) is 5.69 Å². The first-order chi connectivity index (χ1) is 14.3. The lowest BCUT2D eigenvalue weighted by atomic mass is 9.86. The van der Waals surface area contributed by atoms with Gasteiger partial charge in [0, 0.05) is 24.1 Å². The molecule has 30 heavy (non-hydrogen) atoms. The van der Waals surface area contributed by atoms with Crippen LogP contribution in [0.5, 0.6) is 0 Å². The lowest BCUT2D eigenvalue weighted by molar-refractivity contribution is 0.0674. The Hall–Kier alpha value is -3.41. The maximum Gasteiger partial charge on any atom is 0.356 e. The maximum absolute atomic E-state index is 13.1. The number of nitrogens with zero attached hydrogens (tertiary/aromatic N) is 3. The summed E-state index contributed by atoms with van der Waals surface area (Å²) in [6.07, 6.45) is 0.552. The van der Waals surface area contributed by atoms with Crippen molar-refractivity contribution in [1.29, 1.82) is 0 Å². The largest absolute Gasteiger partial charge is 0.476 e. The van der Waals surface area contributed by atoms with E-state index in [-0.39, 0.29) is 23.6 Å². The Balaban J connectivity index is 1.64. The van der Waals surface area contributed by atoms with Gasteiger partial charge in [0.25, 0.3) is 5.91 Å². The molecular weight excluding hydrogens is 378 g/mol. The van der Waals surface area contributed by atoms with Crippen molar-refractivity contribution in [3.63, 3.8) is 0 Å². The van der Waals surface area contributed by atoms with E-state index in [1.165, 1.54) is 0 Å². The minimum Gasteiger partial charge on any atom is -0.476 e. The van der Waals surface area contributed by atoms with E-state index in [0.29, 0.717) is 24.1 Å². The molecule has 2 heterocycles. The van der Waals surface area contributed by atoms with Crippen molar-refractivity contribution >= 4 is 11.9 Å². The number of aromatic nitrogens is 2. The number of aromatic carboxylic acids is 1. The molecule has 0 radical (unpaired) electrons. The van der Waals surface area contributed by atoms with E-state index in [9.17, 15) is 14.7 Å². The summed E-state index contributed by atoms with van der Waals surface area (Å²) in [5, 5.41) is 14.0. The standard InChI is InChI=1S/C24H25N3O3/c1-24(2,3)17-11-9-16(10-12-17)22(28)26-14-13-20-19(15-26)21(23(29)30)25-27(20)18-7-5-4-6-8-18/h4-12H,13-15H2,1-3H3,(H,29,30). The second kappa shape index (κ2) is 7.44. The third kappa shape index (κ3) is 3.61. The van der Waals surface area contributed by atoms with E-state index in [4.69, 9.17) is 0 Å². The molecule has 1 aliphatic heterocycles. The van der Waals surface area contributed by atoms with Gasteiger partial charge in [0.05, 0.1) is 17.9 Å². The molecule has 0 saturated heterocycles. The van der Waals surface area contributed by atoms with Crippen LogP contribution >= 0.6 is 0 Å². The number of para-hydroxylation sites is 1. The van der Waals surface area contributed by atoms with Gasteiger partial charge in [-0.25, -0.2) is 9.48 Å². The van der Waals surface area contributed by atoms with E-state index < -0.39 is 5.97 Å². The van der Waals surface area contributed by atoms with Crippen molar-refractivity contribution < 1.29 is 14.7 Å². The molecule has 1 aliphatic rings. The fraction of sp³-hybridized carbons (Fsp3) is 0.292. The van der Waals surface area contributed by atoms with Gasteiger partial charge >= 0.3 is 5.97 Å². The van der Waals surface area contributed by atoms with Gasteiger partial charge in [-0.05, 0) is 35.2 Å². The molecule has 6 nitrogen and oxygen atoms in total. The van der Waals surface area contributed by atoms with Crippen LogP contribution in [0.15, 0.2) is 54.6 Å². The Kier molecular flexibility index (Phi) is 4.94. The Labute approximate surface area is 175 Å². The molecule has 0 fully saturated rings. The molecule has 0 unspecified atom stereocenters. The van der Waals surface area contributed by atoms with Crippen LogP contribution in [0.25, 0.3) is 5.69 Å². The van der Waals surface area contributed by atoms with Crippen LogP contribution in [-0.4, -0.2) is 38.2 Å². The van der Waals surface area contributed by atoms with E-state index in [0.717, 1.165) is 16.9 Å². The number of benzene rings is 2. The smallest absolute Gasteiger partial charge is 0.356 e. The molecule has 3 aromatic rings. The maximum atomic E-state index is 13.1. The second-order valence-electron chi connectivity index (χ2n) is 8.63. The predicted molar refractivity (Wildman–Crippen MR) is 114 cm³/mol. The number of amides is 1. The van der Waals surface area contributed by atoms with E-state index in [1.807, 2.05) is 54.6 Å². The molecule has 0 atom stereocenters. The average Bonchev–Trinajstić information content (AvgIpc) is 3.12. The Morgan fingerprint density at radius 1 is 1.00 bits per heavy atom. The molecule has 4 rings (SSSR count). The summed E-state index contributed by atoms with van der Waals surface area (Å²) in [7, 11) is 0. The zero-order chi connectivity index (χ0) is 21.5. The highest BCUT2D eigenvalue weighted by Gasteiger charge is 2.31. The monoisotopic (exact) mass is 403 g/mol. The van der Waals surface area contributed by atoms with Crippen LogP contribution < -0.4 is 0 Å². The van der Waals surface area contributed by atoms with Crippen molar-refractivity contribution in [2.24, 2.45) is 0 Å². The first-order valence-corrected chi connectivity index (χ1v) is 10.0. The zero-order valence-electron chi connectivity index (χ0n) is 17.4. The summed E-state index contributed by atoms with van der Waals surface area (Å²) in [5.41, 5.74) is 4.08. The zero-order valence-corrected chi connectivity index (χ0v) is 17.4. The molecule has 0 bridgehead atoms. The van der Waals surface area contributed by atoms with Crippen LogP contribution in [0.3, 0.4) is 0 Å². The number of carbonyl (C=O) groups excluding carboxylic acids is 1. The summed E-state index contributed by atoms with van der Waals surface area (Å²) in [4.78, 5) is 26.6. The molecule has 1 N–H and O–H groups in total. The number of carboxylic acids is 1.